The van der Waals surface area contributed by atoms with Crippen molar-refractivity contribution in [2.45, 2.75) is 55.8 Å². The Labute approximate surface area is 192 Å². The highest BCUT2D eigenvalue weighted by atomic mass is 32.1. The molecule has 0 bridgehead atoms. The SMILES string of the molecule is CCCCNN1C(=O)[C@@]2(S)C[C@](C)(C#N)[C@H](c3ccc4c(c3)OCO4)N2C(=O)C1(C)S. The van der Waals surface area contributed by atoms with Crippen molar-refractivity contribution in [3.05, 3.63) is 23.8 Å². The molecule has 2 amide bonds. The van der Waals surface area contributed by atoms with Crippen molar-refractivity contribution in [2.24, 2.45) is 5.41 Å². The number of ether oxygens (including phenoxy) is 2. The standard InChI is InChI=1S/C21H26N4O4S2/c1-4-5-8-23-25-18(27)21(31)10-19(2,11-22)16(24(21)17(26)20(25,3)30)13-6-7-14-15(9-13)29-12-28-14/h6-7,9,16,23,30-31H,4-5,8,10,12H2,1-3H3/t16-,19+,20?,21-/m0/s1. The van der Waals surface area contributed by atoms with E-state index in [0.717, 1.165) is 12.8 Å². The van der Waals surface area contributed by atoms with Crippen molar-refractivity contribution in [1.82, 2.24) is 15.3 Å². The Morgan fingerprint density at radius 2 is 1.94 bits per heavy atom. The molecule has 2 fully saturated rings. The zero-order chi connectivity index (χ0) is 22.6. The van der Waals surface area contributed by atoms with Gasteiger partial charge in [0.25, 0.3) is 11.8 Å². The molecule has 0 spiro atoms. The second kappa shape index (κ2) is 7.50. The molecule has 1 aromatic carbocycles. The van der Waals surface area contributed by atoms with Gasteiger partial charge >= 0.3 is 0 Å². The van der Waals surface area contributed by atoms with Crippen LogP contribution in [-0.2, 0) is 9.59 Å². The Kier molecular flexibility index (Phi) is 5.35. The molecule has 1 unspecified atom stereocenters. The number of rotatable bonds is 5. The number of nitriles is 1. The quantitative estimate of drug-likeness (QED) is 0.460. The van der Waals surface area contributed by atoms with E-state index in [-0.39, 0.29) is 13.2 Å². The zero-order valence-electron chi connectivity index (χ0n) is 17.7. The highest BCUT2D eigenvalue weighted by Gasteiger charge is 2.69. The van der Waals surface area contributed by atoms with Crippen LogP contribution >= 0.6 is 25.3 Å². The highest BCUT2D eigenvalue weighted by molar-refractivity contribution is 7.83. The molecule has 0 saturated carbocycles. The van der Waals surface area contributed by atoms with Gasteiger partial charge in [0.2, 0.25) is 6.79 Å². The van der Waals surface area contributed by atoms with E-state index in [1.807, 2.05) is 6.92 Å². The number of nitrogens with zero attached hydrogens (tertiary/aromatic N) is 3. The predicted octanol–water partition coefficient (Wildman–Crippen LogP) is 2.64. The van der Waals surface area contributed by atoms with Crippen LogP contribution in [0.1, 0.15) is 51.6 Å². The molecule has 166 valence electrons. The van der Waals surface area contributed by atoms with Gasteiger partial charge in [-0.25, -0.2) is 10.4 Å². The number of thiol groups is 2. The van der Waals surface area contributed by atoms with E-state index in [1.54, 1.807) is 32.0 Å². The number of hydrazine groups is 1. The lowest BCUT2D eigenvalue weighted by Gasteiger charge is -2.51. The lowest BCUT2D eigenvalue weighted by Crippen LogP contribution is -2.73. The van der Waals surface area contributed by atoms with Gasteiger partial charge in [-0.1, -0.05) is 19.4 Å². The summed E-state index contributed by atoms with van der Waals surface area (Å²) >= 11 is 9.32. The summed E-state index contributed by atoms with van der Waals surface area (Å²) < 4.78 is 10.9. The molecule has 4 atom stereocenters. The average molecular weight is 463 g/mol. The smallest absolute Gasteiger partial charge is 0.274 e. The fourth-order valence-corrected chi connectivity index (χ4v) is 5.56. The molecule has 3 aliphatic heterocycles. The van der Waals surface area contributed by atoms with Crippen LogP contribution in [-0.4, -0.2) is 44.8 Å². The molecule has 0 aromatic heterocycles. The molecule has 31 heavy (non-hydrogen) atoms. The number of benzene rings is 1. The summed E-state index contributed by atoms with van der Waals surface area (Å²) in [6.45, 7) is 6.02. The second-order valence-electron chi connectivity index (χ2n) is 8.64. The van der Waals surface area contributed by atoms with Gasteiger partial charge in [0.05, 0.1) is 17.5 Å². The summed E-state index contributed by atoms with van der Waals surface area (Å²) in [4.78, 5) is 25.9. The average Bonchev–Trinajstić information content (AvgIpc) is 3.29. The first-order chi connectivity index (χ1) is 14.6. The highest BCUT2D eigenvalue weighted by Crippen LogP contribution is 2.59. The van der Waals surface area contributed by atoms with E-state index in [0.29, 0.717) is 23.6 Å². The maximum atomic E-state index is 13.7. The molecule has 0 radical (unpaired) electrons. The van der Waals surface area contributed by atoms with Crippen LogP contribution in [0.4, 0.5) is 0 Å². The molecule has 2 saturated heterocycles. The van der Waals surface area contributed by atoms with Crippen LogP contribution in [0.3, 0.4) is 0 Å². The van der Waals surface area contributed by atoms with E-state index in [1.165, 1.54) is 9.91 Å². The van der Waals surface area contributed by atoms with Crippen LogP contribution in [0.2, 0.25) is 0 Å². The Morgan fingerprint density at radius 1 is 1.23 bits per heavy atom. The van der Waals surface area contributed by atoms with Crippen LogP contribution in [0, 0.1) is 16.7 Å². The number of fused-ring (bicyclic) bond motifs is 2. The molecule has 3 aliphatic rings. The van der Waals surface area contributed by atoms with Crippen molar-refractivity contribution >= 4 is 37.1 Å². The molecular weight excluding hydrogens is 436 g/mol. The number of carbonyl (C=O) groups excluding carboxylic acids is 2. The third-order valence-corrected chi connectivity index (χ3v) is 7.20. The maximum absolute atomic E-state index is 13.7. The minimum Gasteiger partial charge on any atom is -0.454 e. The summed E-state index contributed by atoms with van der Waals surface area (Å²) in [5.41, 5.74) is 2.69. The molecular formula is C21H26N4O4S2. The first-order valence-electron chi connectivity index (χ1n) is 10.3. The molecule has 8 nitrogen and oxygen atoms in total. The van der Waals surface area contributed by atoms with Gasteiger partial charge in [0.15, 0.2) is 21.2 Å². The Morgan fingerprint density at radius 3 is 2.61 bits per heavy atom. The van der Waals surface area contributed by atoms with Gasteiger partial charge in [-0.05, 0) is 38.0 Å². The Hall–Kier alpha value is -2.09. The minimum absolute atomic E-state index is 0.0824. The topological polar surface area (TPSA) is 94.9 Å². The number of unbranched alkanes of at least 4 members (excludes halogenated alkanes) is 1. The monoisotopic (exact) mass is 462 g/mol. The van der Waals surface area contributed by atoms with E-state index in [9.17, 15) is 14.9 Å². The molecule has 1 aromatic rings. The molecule has 4 rings (SSSR count). The molecule has 3 heterocycles. The fraction of sp³-hybridized carbons (Fsp3) is 0.571. The number of hydrogen-bond acceptors (Lipinski definition) is 8. The first-order valence-corrected chi connectivity index (χ1v) is 11.2. The number of carbonyl (C=O) groups is 2. The van der Waals surface area contributed by atoms with Crippen LogP contribution < -0.4 is 14.9 Å². The minimum atomic E-state index is -1.48. The van der Waals surface area contributed by atoms with E-state index >= 15 is 0 Å². The van der Waals surface area contributed by atoms with Gasteiger partial charge in [0.1, 0.15) is 0 Å². The molecule has 0 aliphatic carbocycles. The summed E-state index contributed by atoms with van der Waals surface area (Å²) in [5, 5.41) is 11.4. The lowest BCUT2D eigenvalue weighted by atomic mass is 9.79. The van der Waals surface area contributed by atoms with Crippen molar-refractivity contribution in [3.8, 4) is 17.6 Å². The zero-order valence-corrected chi connectivity index (χ0v) is 19.5. The predicted molar refractivity (Wildman–Crippen MR) is 119 cm³/mol. The Balaban J connectivity index is 1.80. The maximum Gasteiger partial charge on any atom is 0.274 e. The van der Waals surface area contributed by atoms with Crippen molar-refractivity contribution < 1.29 is 19.1 Å². The Bertz CT molecular complexity index is 981. The fourth-order valence-electron chi connectivity index (χ4n) is 4.65. The van der Waals surface area contributed by atoms with Gasteiger partial charge < -0.3 is 14.4 Å². The van der Waals surface area contributed by atoms with E-state index in [2.05, 4.69) is 24.1 Å². The summed E-state index contributed by atoms with van der Waals surface area (Å²) in [7, 11) is 0. The summed E-state index contributed by atoms with van der Waals surface area (Å²) in [6.07, 6.45) is 1.85. The first kappa shape index (κ1) is 22.1. The van der Waals surface area contributed by atoms with Crippen LogP contribution in [0.15, 0.2) is 18.2 Å². The third kappa shape index (κ3) is 3.17. The summed E-state index contributed by atoms with van der Waals surface area (Å²) in [6, 6.07) is 6.96. The lowest BCUT2D eigenvalue weighted by molar-refractivity contribution is -0.169. The number of nitrogens with one attached hydrogen (secondary N) is 1. The van der Waals surface area contributed by atoms with Gasteiger partial charge in [0, 0.05) is 13.0 Å². The third-order valence-electron chi connectivity index (χ3n) is 6.25. The van der Waals surface area contributed by atoms with Crippen LogP contribution in [0.25, 0.3) is 0 Å². The molecule has 10 heteroatoms. The number of amides is 2. The van der Waals surface area contributed by atoms with E-state index < -0.39 is 33.0 Å². The number of hydrogen-bond donors (Lipinski definition) is 3. The number of piperazine rings is 1. The van der Waals surface area contributed by atoms with Crippen molar-refractivity contribution in [1.29, 1.82) is 5.26 Å². The van der Waals surface area contributed by atoms with Crippen molar-refractivity contribution in [2.75, 3.05) is 13.3 Å². The van der Waals surface area contributed by atoms with Crippen LogP contribution in [0.5, 0.6) is 11.5 Å². The van der Waals surface area contributed by atoms with Gasteiger partial charge in [-0.15, -0.1) is 25.3 Å². The summed E-state index contributed by atoms with van der Waals surface area (Å²) in [5.74, 6) is 0.357. The second-order valence-corrected chi connectivity index (χ2v) is 10.2. The van der Waals surface area contributed by atoms with E-state index in [4.69, 9.17) is 22.1 Å². The van der Waals surface area contributed by atoms with Crippen molar-refractivity contribution in [3.63, 3.8) is 0 Å². The largest absolute Gasteiger partial charge is 0.454 e. The molecule has 1 N–H and O–H groups in total. The van der Waals surface area contributed by atoms with Gasteiger partial charge in [-0.3, -0.25) is 9.59 Å². The van der Waals surface area contributed by atoms with Gasteiger partial charge in [-0.2, -0.15) is 5.26 Å². The normalized spacial score (nSPS) is 34.1.